The Bertz CT molecular complexity index is 1030. The summed E-state index contributed by atoms with van der Waals surface area (Å²) < 4.78 is 7.12. The molecule has 0 aliphatic carbocycles. The van der Waals surface area contributed by atoms with E-state index in [2.05, 4.69) is 41.2 Å². The van der Waals surface area contributed by atoms with Gasteiger partial charge in [-0.2, -0.15) is 4.52 Å². The first kappa shape index (κ1) is 15.0. The third-order valence-corrected chi connectivity index (χ3v) is 3.70. The Kier molecular flexibility index (Phi) is 3.25. The summed E-state index contributed by atoms with van der Waals surface area (Å²) in [6.07, 6.45) is 1.60. The number of hydrogen-bond donors (Lipinski definition) is 1. The van der Waals surface area contributed by atoms with Gasteiger partial charge in [-0.1, -0.05) is 11.6 Å². The van der Waals surface area contributed by atoms with Gasteiger partial charge in [-0.15, -0.1) is 5.10 Å². The van der Waals surface area contributed by atoms with Gasteiger partial charge >= 0.3 is 0 Å². The minimum absolute atomic E-state index is 0.170. The van der Waals surface area contributed by atoms with Gasteiger partial charge in [0.1, 0.15) is 0 Å². The summed E-state index contributed by atoms with van der Waals surface area (Å²) in [5.74, 6) is 1.74. The van der Waals surface area contributed by atoms with E-state index in [-0.39, 0.29) is 5.54 Å². The van der Waals surface area contributed by atoms with Crippen LogP contribution in [0.15, 0.2) is 41.0 Å². The van der Waals surface area contributed by atoms with Crippen LogP contribution < -0.4 is 5.32 Å². The maximum atomic E-state index is 6.15. The quantitative estimate of drug-likeness (QED) is 0.585. The lowest BCUT2D eigenvalue weighted by Gasteiger charge is -2.21. The molecule has 0 fully saturated rings. The van der Waals surface area contributed by atoms with E-state index < -0.39 is 0 Å². The Hall–Kier alpha value is -2.60. The molecule has 6 nitrogen and oxygen atoms in total. The average Bonchev–Trinajstić information content (AvgIpc) is 3.15. The lowest BCUT2D eigenvalue weighted by Crippen LogP contribution is -2.28. The first-order valence-corrected chi connectivity index (χ1v) is 7.97. The Labute approximate surface area is 143 Å². The van der Waals surface area contributed by atoms with E-state index in [1.165, 1.54) is 0 Å². The summed E-state index contributed by atoms with van der Waals surface area (Å²) in [6, 6.07) is 9.18. The largest absolute Gasteiger partial charge is 0.461 e. The van der Waals surface area contributed by atoms with Crippen LogP contribution in [0, 0.1) is 0 Å². The summed E-state index contributed by atoms with van der Waals surface area (Å²) in [4.78, 5) is 9.32. The van der Waals surface area contributed by atoms with Crippen molar-refractivity contribution >= 4 is 34.1 Å². The summed E-state index contributed by atoms with van der Waals surface area (Å²) in [6.45, 7) is 6.20. The molecule has 0 saturated carbocycles. The minimum Gasteiger partial charge on any atom is -0.461 e. The molecule has 0 saturated heterocycles. The number of hydrogen-bond acceptors (Lipinski definition) is 5. The molecule has 3 aromatic heterocycles. The van der Waals surface area contributed by atoms with Crippen LogP contribution in [0.5, 0.6) is 0 Å². The minimum atomic E-state index is -0.170. The molecule has 1 aromatic carbocycles. The molecule has 4 aromatic rings. The number of fused-ring (bicyclic) bond motifs is 3. The van der Waals surface area contributed by atoms with E-state index >= 15 is 0 Å². The molecule has 122 valence electrons. The maximum Gasteiger partial charge on any atom is 0.226 e. The molecule has 0 unspecified atom stereocenters. The van der Waals surface area contributed by atoms with Crippen LogP contribution in [-0.2, 0) is 0 Å². The van der Waals surface area contributed by atoms with Gasteiger partial charge in [0.2, 0.25) is 11.8 Å². The molecule has 0 aliphatic heterocycles. The van der Waals surface area contributed by atoms with E-state index in [1.807, 2.05) is 30.3 Å². The zero-order valence-electron chi connectivity index (χ0n) is 13.5. The second kappa shape index (κ2) is 5.21. The van der Waals surface area contributed by atoms with Gasteiger partial charge in [-0.25, -0.2) is 9.97 Å². The smallest absolute Gasteiger partial charge is 0.226 e. The Morgan fingerprint density at radius 2 is 2.00 bits per heavy atom. The molecular formula is C17H16ClN5O. The van der Waals surface area contributed by atoms with Crippen molar-refractivity contribution in [3.05, 3.63) is 41.6 Å². The van der Waals surface area contributed by atoms with Crippen LogP contribution in [0.25, 0.3) is 28.1 Å². The molecular weight excluding hydrogens is 326 g/mol. The third-order valence-electron chi connectivity index (χ3n) is 3.46. The van der Waals surface area contributed by atoms with Crippen LogP contribution in [0.1, 0.15) is 20.8 Å². The second-order valence-electron chi connectivity index (χ2n) is 6.62. The van der Waals surface area contributed by atoms with Crippen LogP contribution in [-0.4, -0.2) is 25.1 Å². The van der Waals surface area contributed by atoms with E-state index in [0.717, 1.165) is 10.9 Å². The van der Waals surface area contributed by atoms with Gasteiger partial charge < -0.3 is 9.73 Å². The molecule has 0 aliphatic rings. The molecule has 0 amide bonds. The van der Waals surface area contributed by atoms with Crippen molar-refractivity contribution in [1.29, 1.82) is 0 Å². The molecule has 0 atom stereocenters. The van der Waals surface area contributed by atoms with Crippen molar-refractivity contribution in [3.63, 3.8) is 0 Å². The first-order chi connectivity index (χ1) is 11.4. The zero-order chi connectivity index (χ0) is 16.9. The SMILES string of the molecule is CC(C)(C)Nc1nc2ccc(Cl)cc2c2nc(-c3ccco3)nn12. The van der Waals surface area contributed by atoms with Gasteiger partial charge in [0.15, 0.2) is 11.4 Å². The highest BCUT2D eigenvalue weighted by molar-refractivity contribution is 6.31. The van der Waals surface area contributed by atoms with E-state index in [9.17, 15) is 0 Å². The Morgan fingerprint density at radius 3 is 2.71 bits per heavy atom. The predicted octanol–water partition coefficient (Wildman–Crippen LogP) is 4.40. The van der Waals surface area contributed by atoms with Crippen molar-refractivity contribution in [1.82, 2.24) is 19.6 Å². The fourth-order valence-corrected chi connectivity index (χ4v) is 2.68. The maximum absolute atomic E-state index is 6.15. The number of anilines is 1. The molecule has 0 spiro atoms. The van der Waals surface area contributed by atoms with E-state index in [4.69, 9.17) is 16.0 Å². The van der Waals surface area contributed by atoms with Crippen molar-refractivity contribution in [3.8, 4) is 11.6 Å². The van der Waals surface area contributed by atoms with Crippen LogP contribution in [0.2, 0.25) is 5.02 Å². The van der Waals surface area contributed by atoms with E-state index in [0.29, 0.717) is 28.2 Å². The monoisotopic (exact) mass is 341 g/mol. The third kappa shape index (κ3) is 2.59. The molecule has 4 rings (SSSR count). The van der Waals surface area contributed by atoms with Crippen LogP contribution in [0.3, 0.4) is 0 Å². The van der Waals surface area contributed by atoms with Gasteiger partial charge in [0.05, 0.1) is 11.8 Å². The highest BCUT2D eigenvalue weighted by atomic mass is 35.5. The van der Waals surface area contributed by atoms with E-state index in [1.54, 1.807) is 10.8 Å². The number of benzene rings is 1. The highest BCUT2D eigenvalue weighted by Crippen LogP contribution is 2.27. The number of furan rings is 1. The van der Waals surface area contributed by atoms with Crippen molar-refractivity contribution in [2.75, 3.05) is 5.32 Å². The van der Waals surface area contributed by atoms with Crippen LogP contribution >= 0.6 is 11.6 Å². The standard InChI is InChI=1S/C17H16ClN5O/c1-17(2,3)21-16-19-12-7-6-10(18)9-11(12)15-20-14(22-23(15)16)13-5-4-8-24-13/h4-9H,1-3H3,(H,19,21). The topological polar surface area (TPSA) is 68.2 Å². The zero-order valence-corrected chi connectivity index (χ0v) is 14.3. The normalized spacial score (nSPS) is 12.2. The summed E-state index contributed by atoms with van der Waals surface area (Å²) >= 11 is 6.15. The van der Waals surface area contributed by atoms with Gasteiger partial charge in [0.25, 0.3) is 0 Å². The van der Waals surface area contributed by atoms with Crippen molar-refractivity contribution in [2.45, 2.75) is 26.3 Å². The Morgan fingerprint density at radius 1 is 1.17 bits per heavy atom. The van der Waals surface area contributed by atoms with Gasteiger partial charge in [-0.05, 0) is 51.1 Å². The number of nitrogens with zero attached hydrogens (tertiary/aromatic N) is 4. The predicted molar refractivity (Wildman–Crippen MR) is 94.4 cm³/mol. The summed E-state index contributed by atoms with van der Waals surface area (Å²) in [7, 11) is 0. The highest BCUT2D eigenvalue weighted by Gasteiger charge is 2.19. The number of aromatic nitrogens is 4. The second-order valence-corrected chi connectivity index (χ2v) is 7.06. The summed E-state index contributed by atoms with van der Waals surface area (Å²) in [5, 5.41) is 9.41. The van der Waals surface area contributed by atoms with Crippen molar-refractivity contribution in [2.24, 2.45) is 0 Å². The number of nitrogens with one attached hydrogen (secondary N) is 1. The molecule has 0 radical (unpaired) electrons. The summed E-state index contributed by atoms with van der Waals surface area (Å²) in [5.41, 5.74) is 1.31. The van der Waals surface area contributed by atoms with Crippen LogP contribution in [0.4, 0.5) is 5.95 Å². The fraction of sp³-hybridized carbons (Fsp3) is 0.235. The molecule has 3 heterocycles. The molecule has 24 heavy (non-hydrogen) atoms. The lowest BCUT2D eigenvalue weighted by molar-refractivity contribution is 0.577. The average molecular weight is 342 g/mol. The number of halogens is 1. The lowest BCUT2D eigenvalue weighted by atomic mass is 10.1. The van der Waals surface area contributed by atoms with Crippen molar-refractivity contribution < 1.29 is 4.42 Å². The Balaban J connectivity index is 2.04. The molecule has 7 heteroatoms. The van der Waals surface area contributed by atoms with Gasteiger partial charge in [0, 0.05) is 15.9 Å². The first-order valence-electron chi connectivity index (χ1n) is 7.59. The fourth-order valence-electron chi connectivity index (χ4n) is 2.51. The molecule has 1 N–H and O–H groups in total. The van der Waals surface area contributed by atoms with Gasteiger partial charge in [-0.3, -0.25) is 0 Å². The number of rotatable bonds is 2. The molecule has 0 bridgehead atoms.